The highest BCUT2D eigenvalue weighted by molar-refractivity contribution is 7.92. The Morgan fingerprint density at radius 1 is 1.06 bits per heavy atom. The van der Waals surface area contributed by atoms with Crippen molar-refractivity contribution >= 4 is 27.3 Å². The quantitative estimate of drug-likeness (QED) is 0.446. The lowest BCUT2D eigenvalue weighted by Gasteiger charge is -2.23. The Kier molecular flexibility index (Phi) is 8.44. The number of hydrogen-bond donors (Lipinski definition) is 1. The number of nitrogens with one attached hydrogen (secondary N) is 1. The van der Waals surface area contributed by atoms with E-state index < -0.39 is 15.9 Å². The molecule has 0 fully saturated rings. The number of carbonyl (C=O) groups excluding carboxylic acids is 1. The van der Waals surface area contributed by atoms with E-state index in [1.54, 1.807) is 38.5 Å². The first-order valence-corrected chi connectivity index (χ1v) is 11.7. The van der Waals surface area contributed by atoms with Crippen LogP contribution in [0, 0.1) is 0 Å². The molecule has 0 unspecified atom stereocenters. The second-order valence-corrected chi connectivity index (χ2v) is 8.68. The van der Waals surface area contributed by atoms with Crippen LogP contribution in [0.3, 0.4) is 0 Å². The normalized spacial score (nSPS) is 11.7. The summed E-state index contributed by atoms with van der Waals surface area (Å²) in [7, 11) is -0.571. The second-order valence-electron chi connectivity index (χ2n) is 6.77. The van der Waals surface area contributed by atoms with Crippen LogP contribution in [0.5, 0.6) is 11.5 Å². The van der Waals surface area contributed by atoms with Crippen LogP contribution in [0.25, 0.3) is 0 Å². The molecule has 0 heterocycles. The minimum atomic E-state index is -3.67. The predicted molar refractivity (Wildman–Crippen MR) is 123 cm³/mol. The highest BCUT2D eigenvalue weighted by Crippen LogP contribution is 2.28. The molecule has 2 rings (SSSR count). The average molecular weight is 448 g/mol. The molecule has 0 saturated heterocycles. The summed E-state index contributed by atoms with van der Waals surface area (Å²) >= 11 is 0. The standard InChI is InChI=1S/C22H29N3O5S/c1-6-16-10-8-9-11-19(16)25(31(5,27)28)15-22(26)24-23-18(7-2)17-12-13-20(29-3)21(14-17)30-4/h8-14H,6-7,15H2,1-5H3,(H,24,26)/b23-18-. The Morgan fingerprint density at radius 3 is 2.32 bits per heavy atom. The molecule has 0 spiro atoms. The van der Waals surface area contributed by atoms with Crippen molar-refractivity contribution in [2.75, 3.05) is 31.3 Å². The molecule has 0 aliphatic heterocycles. The predicted octanol–water partition coefficient (Wildman–Crippen LogP) is 2.96. The van der Waals surface area contributed by atoms with Gasteiger partial charge in [0.1, 0.15) is 6.54 Å². The van der Waals surface area contributed by atoms with Gasteiger partial charge in [-0.3, -0.25) is 9.10 Å². The van der Waals surface area contributed by atoms with Crippen LogP contribution in [-0.4, -0.2) is 47.1 Å². The summed E-state index contributed by atoms with van der Waals surface area (Å²) in [6.07, 6.45) is 2.27. The van der Waals surface area contributed by atoms with Crippen LogP contribution in [0.2, 0.25) is 0 Å². The maximum atomic E-state index is 12.6. The highest BCUT2D eigenvalue weighted by Gasteiger charge is 2.22. The van der Waals surface area contributed by atoms with Crippen molar-refractivity contribution in [1.29, 1.82) is 0 Å². The summed E-state index contributed by atoms with van der Waals surface area (Å²) in [5.74, 6) is 0.596. The summed E-state index contributed by atoms with van der Waals surface area (Å²) in [4.78, 5) is 12.6. The zero-order valence-electron chi connectivity index (χ0n) is 18.5. The SMILES string of the molecule is CC/C(=N/NC(=O)CN(c1ccccc1CC)S(C)(=O)=O)c1ccc(OC)c(OC)c1. The van der Waals surface area contributed by atoms with E-state index in [-0.39, 0.29) is 6.54 Å². The van der Waals surface area contributed by atoms with Crippen LogP contribution in [0.4, 0.5) is 5.69 Å². The fourth-order valence-electron chi connectivity index (χ4n) is 3.09. The first-order chi connectivity index (χ1) is 14.7. The number of carbonyl (C=O) groups is 1. The third-order valence-electron chi connectivity index (χ3n) is 4.70. The first-order valence-electron chi connectivity index (χ1n) is 9.88. The molecule has 0 aliphatic carbocycles. The number of methoxy groups -OCH3 is 2. The summed E-state index contributed by atoms with van der Waals surface area (Å²) < 4.78 is 36.4. The number of aryl methyl sites for hydroxylation is 1. The van der Waals surface area contributed by atoms with Gasteiger partial charge in [0.2, 0.25) is 10.0 Å². The summed E-state index contributed by atoms with van der Waals surface area (Å²) in [5, 5.41) is 4.21. The van der Waals surface area contributed by atoms with E-state index in [9.17, 15) is 13.2 Å². The van der Waals surface area contributed by atoms with Crippen LogP contribution < -0.4 is 19.2 Å². The lowest BCUT2D eigenvalue weighted by Crippen LogP contribution is -2.39. The third-order valence-corrected chi connectivity index (χ3v) is 5.82. The Hall–Kier alpha value is -3.07. The van der Waals surface area contributed by atoms with Crippen molar-refractivity contribution < 1.29 is 22.7 Å². The van der Waals surface area contributed by atoms with Crippen molar-refractivity contribution in [3.05, 3.63) is 53.6 Å². The average Bonchev–Trinajstić information content (AvgIpc) is 2.76. The van der Waals surface area contributed by atoms with Gasteiger partial charge in [-0.25, -0.2) is 13.8 Å². The molecule has 0 bridgehead atoms. The number of hydrazone groups is 1. The van der Waals surface area contributed by atoms with Gasteiger partial charge < -0.3 is 9.47 Å². The van der Waals surface area contributed by atoms with Crippen molar-refractivity contribution in [1.82, 2.24) is 5.43 Å². The number of nitrogens with zero attached hydrogens (tertiary/aromatic N) is 2. The molecular formula is C22H29N3O5S. The lowest BCUT2D eigenvalue weighted by molar-refractivity contribution is -0.119. The molecule has 2 aromatic carbocycles. The number of benzene rings is 2. The Balaban J connectivity index is 2.25. The highest BCUT2D eigenvalue weighted by atomic mass is 32.2. The molecule has 1 amide bonds. The minimum Gasteiger partial charge on any atom is -0.493 e. The zero-order chi connectivity index (χ0) is 23.0. The van der Waals surface area contributed by atoms with Gasteiger partial charge in [-0.05, 0) is 42.7 Å². The van der Waals surface area contributed by atoms with E-state index >= 15 is 0 Å². The summed E-state index contributed by atoms with van der Waals surface area (Å²) in [6.45, 7) is 3.46. The topological polar surface area (TPSA) is 97.3 Å². The summed E-state index contributed by atoms with van der Waals surface area (Å²) in [6, 6.07) is 12.5. The molecule has 0 saturated carbocycles. The van der Waals surface area contributed by atoms with Gasteiger partial charge in [-0.15, -0.1) is 0 Å². The van der Waals surface area contributed by atoms with E-state index in [1.165, 1.54) is 0 Å². The molecule has 9 heteroatoms. The van der Waals surface area contributed by atoms with E-state index in [0.717, 1.165) is 21.7 Å². The van der Waals surface area contributed by atoms with Crippen molar-refractivity contribution in [2.45, 2.75) is 26.7 Å². The molecule has 0 radical (unpaired) electrons. The minimum absolute atomic E-state index is 0.373. The van der Waals surface area contributed by atoms with Gasteiger partial charge in [0, 0.05) is 5.56 Å². The van der Waals surface area contributed by atoms with Gasteiger partial charge in [-0.1, -0.05) is 32.0 Å². The molecule has 0 aliphatic rings. The van der Waals surface area contributed by atoms with Crippen molar-refractivity contribution in [3.8, 4) is 11.5 Å². The molecule has 1 N–H and O–H groups in total. The number of amides is 1. The number of anilines is 1. The van der Waals surface area contributed by atoms with E-state index in [2.05, 4.69) is 10.5 Å². The maximum Gasteiger partial charge on any atom is 0.260 e. The number of rotatable bonds is 10. The third kappa shape index (κ3) is 6.21. The molecule has 0 atom stereocenters. The van der Waals surface area contributed by atoms with Gasteiger partial charge in [0.25, 0.3) is 5.91 Å². The van der Waals surface area contributed by atoms with Crippen LogP contribution in [-0.2, 0) is 21.2 Å². The van der Waals surface area contributed by atoms with Gasteiger partial charge in [-0.2, -0.15) is 5.10 Å². The van der Waals surface area contributed by atoms with Crippen LogP contribution in [0.15, 0.2) is 47.6 Å². The molecule has 2 aromatic rings. The van der Waals surface area contributed by atoms with E-state index in [0.29, 0.717) is 35.7 Å². The Morgan fingerprint density at radius 2 is 1.74 bits per heavy atom. The number of ether oxygens (including phenoxy) is 2. The zero-order valence-corrected chi connectivity index (χ0v) is 19.3. The van der Waals surface area contributed by atoms with Crippen LogP contribution in [0.1, 0.15) is 31.4 Å². The molecule has 31 heavy (non-hydrogen) atoms. The molecule has 8 nitrogen and oxygen atoms in total. The van der Waals surface area contributed by atoms with E-state index in [4.69, 9.17) is 9.47 Å². The van der Waals surface area contributed by atoms with Gasteiger partial charge >= 0.3 is 0 Å². The van der Waals surface area contributed by atoms with Crippen molar-refractivity contribution in [2.24, 2.45) is 5.10 Å². The van der Waals surface area contributed by atoms with Gasteiger partial charge in [0.15, 0.2) is 11.5 Å². The second kappa shape index (κ2) is 10.8. The lowest BCUT2D eigenvalue weighted by atomic mass is 10.1. The fourth-order valence-corrected chi connectivity index (χ4v) is 3.98. The fraction of sp³-hybridized carbons (Fsp3) is 0.364. The number of sulfonamides is 1. The Bertz CT molecular complexity index is 1050. The monoisotopic (exact) mass is 447 g/mol. The summed E-state index contributed by atoms with van der Waals surface area (Å²) in [5.41, 5.74) is 5.18. The number of para-hydroxylation sites is 1. The first kappa shape index (κ1) is 24.2. The molecule has 168 valence electrons. The van der Waals surface area contributed by atoms with Gasteiger partial charge in [0.05, 0.1) is 31.9 Å². The number of hydrogen-bond acceptors (Lipinski definition) is 6. The van der Waals surface area contributed by atoms with Crippen LogP contribution >= 0.6 is 0 Å². The molecule has 0 aromatic heterocycles. The van der Waals surface area contributed by atoms with Crippen molar-refractivity contribution in [3.63, 3.8) is 0 Å². The van der Waals surface area contributed by atoms with E-state index in [1.807, 2.05) is 32.0 Å². The maximum absolute atomic E-state index is 12.6. The Labute approximate surface area is 183 Å². The smallest absolute Gasteiger partial charge is 0.260 e. The largest absolute Gasteiger partial charge is 0.493 e. The molecular weight excluding hydrogens is 418 g/mol.